The Bertz CT molecular complexity index is 850. The molecular formula is C17H16N2O4. The molecule has 3 rings (SSSR count). The Morgan fingerprint density at radius 3 is 2.17 bits per heavy atom. The summed E-state index contributed by atoms with van der Waals surface area (Å²) in [7, 11) is 4.61. The number of ether oxygens (including phenoxy) is 3. The first kappa shape index (κ1) is 14.9. The van der Waals surface area contributed by atoms with Crippen molar-refractivity contribution in [3.05, 3.63) is 36.4 Å². The normalized spacial score (nSPS) is 10.6. The number of hydrogen-bond donors (Lipinski definition) is 1. The monoisotopic (exact) mass is 312 g/mol. The van der Waals surface area contributed by atoms with Gasteiger partial charge in [-0.3, -0.25) is 0 Å². The fraction of sp³-hybridized carbons (Fsp3) is 0.176. The van der Waals surface area contributed by atoms with Gasteiger partial charge in [0, 0.05) is 11.6 Å². The number of aromatic hydroxyl groups is 1. The summed E-state index contributed by atoms with van der Waals surface area (Å²) in [4.78, 5) is 8.26. The van der Waals surface area contributed by atoms with E-state index in [4.69, 9.17) is 14.2 Å². The van der Waals surface area contributed by atoms with E-state index >= 15 is 0 Å². The Labute approximate surface area is 133 Å². The van der Waals surface area contributed by atoms with Crippen molar-refractivity contribution in [3.63, 3.8) is 0 Å². The maximum atomic E-state index is 9.89. The molecule has 0 spiro atoms. The highest BCUT2D eigenvalue weighted by molar-refractivity contribution is 6.00. The van der Waals surface area contributed by atoms with Crippen LogP contribution in [0.5, 0.6) is 23.3 Å². The Hall–Kier alpha value is -3.02. The van der Waals surface area contributed by atoms with Crippen LogP contribution in [0.3, 0.4) is 0 Å². The van der Waals surface area contributed by atoms with Crippen molar-refractivity contribution < 1.29 is 19.3 Å². The maximum Gasteiger partial charge on any atom is 0.315 e. The second-order valence-corrected chi connectivity index (χ2v) is 4.78. The van der Waals surface area contributed by atoms with Crippen LogP contribution in [0.2, 0.25) is 0 Å². The van der Waals surface area contributed by atoms with Gasteiger partial charge in [0.1, 0.15) is 0 Å². The summed E-state index contributed by atoms with van der Waals surface area (Å²) in [6.07, 6.45) is 0. The van der Waals surface area contributed by atoms with Crippen molar-refractivity contribution in [2.45, 2.75) is 0 Å². The first-order valence-corrected chi connectivity index (χ1v) is 6.94. The van der Waals surface area contributed by atoms with Gasteiger partial charge >= 0.3 is 6.01 Å². The first-order chi connectivity index (χ1) is 11.2. The van der Waals surface area contributed by atoms with Crippen LogP contribution in [-0.4, -0.2) is 36.4 Å². The lowest BCUT2D eigenvalue weighted by Gasteiger charge is -2.16. The molecule has 0 aliphatic carbocycles. The molecule has 0 amide bonds. The molecule has 0 saturated heterocycles. The van der Waals surface area contributed by atoms with Crippen LogP contribution in [0.25, 0.3) is 22.2 Å². The van der Waals surface area contributed by atoms with E-state index in [9.17, 15) is 5.11 Å². The zero-order valence-corrected chi connectivity index (χ0v) is 13.0. The summed E-state index contributed by atoms with van der Waals surface area (Å²) < 4.78 is 16.3. The molecule has 0 fully saturated rings. The van der Waals surface area contributed by atoms with Crippen LogP contribution in [0.15, 0.2) is 36.4 Å². The molecule has 0 saturated carbocycles. The minimum absolute atomic E-state index is 0.314. The van der Waals surface area contributed by atoms with Crippen LogP contribution in [-0.2, 0) is 0 Å². The number of fused-ring (bicyclic) bond motifs is 1. The number of methoxy groups -OCH3 is 3. The predicted molar refractivity (Wildman–Crippen MR) is 86.3 cm³/mol. The molecule has 0 aliphatic heterocycles. The van der Waals surface area contributed by atoms with E-state index in [0.29, 0.717) is 33.8 Å². The average Bonchev–Trinajstić information content (AvgIpc) is 2.59. The summed E-state index contributed by atoms with van der Waals surface area (Å²) in [5.74, 6) is 1.38. The van der Waals surface area contributed by atoms with Gasteiger partial charge in [-0.05, 0) is 0 Å². The first-order valence-electron chi connectivity index (χ1n) is 6.94. The molecular weight excluding hydrogens is 296 g/mol. The zero-order valence-electron chi connectivity index (χ0n) is 13.0. The zero-order chi connectivity index (χ0) is 16.4. The van der Waals surface area contributed by atoms with Crippen molar-refractivity contribution in [2.75, 3.05) is 21.3 Å². The van der Waals surface area contributed by atoms with Crippen LogP contribution in [0.1, 0.15) is 0 Å². The summed E-state index contributed by atoms with van der Waals surface area (Å²) in [5, 5.41) is 10.5. The Morgan fingerprint density at radius 2 is 1.57 bits per heavy atom. The number of hydrogen-bond acceptors (Lipinski definition) is 6. The molecule has 1 aromatic heterocycles. The SMILES string of the molecule is COc1cc2nc(O)nc(-c3ccccc3)c2c(OC)c1OC. The van der Waals surface area contributed by atoms with Crippen molar-refractivity contribution in [1.82, 2.24) is 9.97 Å². The standard InChI is InChI=1S/C17H16N2O4/c1-21-12-9-11-13(16(23-3)15(12)22-2)14(19-17(20)18-11)10-7-5-4-6-8-10/h4-9H,1-3H3,(H,18,19,20). The fourth-order valence-corrected chi connectivity index (χ4v) is 2.55. The molecule has 23 heavy (non-hydrogen) atoms. The third-order valence-corrected chi connectivity index (χ3v) is 3.53. The van der Waals surface area contributed by atoms with Gasteiger partial charge in [-0.15, -0.1) is 0 Å². The fourth-order valence-electron chi connectivity index (χ4n) is 2.55. The van der Waals surface area contributed by atoms with Crippen molar-refractivity contribution >= 4 is 10.9 Å². The topological polar surface area (TPSA) is 73.7 Å². The average molecular weight is 312 g/mol. The highest BCUT2D eigenvalue weighted by atomic mass is 16.5. The van der Waals surface area contributed by atoms with E-state index in [-0.39, 0.29) is 6.01 Å². The smallest absolute Gasteiger partial charge is 0.315 e. The van der Waals surface area contributed by atoms with E-state index in [1.165, 1.54) is 14.2 Å². The molecule has 1 heterocycles. The van der Waals surface area contributed by atoms with Gasteiger partial charge in [0.25, 0.3) is 0 Å². The largest absolute Gasteiger partial charge is 0.493 e. The quantitative estimate of drug-likeness (QED) is 0.798. The van der Waals surface area contributed by atoms with Crippen molar-refractivity contribution in [2.24, 2.45) is 0 Å². The van der Waals surface area contributed by atoms with Gasteiger partial charge in [0.15, 0.2) is 11.5 Å². The molecule has 118 valence electrons. The second-order valence-electron chi connectivity index (χ2n) is 4.78. The van der Waals surface area contributed by atoms with E-state index in [1.54, 1.807) is 13.2 Å². The highest BCUT2D eigenvalue weighted by Crippen LogP contribution is 2.46. The van der Waals surface area contributed by atoms with Crippen LogP contribution in [0, 0.1) is 0 Å². The van der Waals surface area contributed by atoms with E-state index in [2.05, 4.69) is 9.97 Å². The number of rotatable bonds is 4. The molecule has 6 nitrogen and oxygen atoms in total. The number of aromatic nitrogens is 2. The van der Waals surface area contributed by atoms with Gasteiger partial charge in [-0.25, -0.2) is 0 Å². The Kier molecular flexibility index (Phi) is 3.89. The van der Waals surface area contributed by atoms with Gasteiger partial charge in [-0.1, -0.05) is 30.3 Å². The minimum atomic E-state index is -0.314. The molecule has 3 aromatic rings. The molecule has 0 aliphatic rings. The van der Waals surface area contributed by atoms with E-state index in [1.807, 2.05) is 30.3 Å². The lowest BCUT2D eigenvalue weighted by atomic mass is 10.0. The molecule has 0 radical (unpaired) electrons. The highest BCUT2D eigenvalue weighted by Gasteiger charge is 2.21. The number of benzene rings is 2. The lowest BCUT2D eigenvalue weighted by Crippen LogP contribution is -1.99. The third-order valence-electron chi connectivity index (χ3n) is 3.53. The van der Waals surface area contributed by atoms with Gasteiger partial charge < -0.3 is 19.3 Å². The summed E-state index contributed by atoms with van der Waals surface area (Å²) >= 11 is 0. The maximum absolute atomic E-state index is 9.89. The summed E-state index contributed by atoms with van der Waals surface area (Å²) in [5.41, 5.74) is 1.90. The van der Waals surface area contributed by atoms with Crippen molar-refractivity contribution in [1.29, 1.82) is 0 Å². The Morgan fingerprint density at radius 1 is 0.870 bits per heavy atom. The lowest BCUT2D eigenvalue weighted by molar-refractivity contribution is 0.327. The summed E-state index contributed by atoms with van der Waals surface area (Å²) in [6, 6.07) is 10.9. The molecule has 1 N–H and O–H groups in total. The molecule has 6 heteroatoms. The molecule has 2 aromatic carbocycles. The van der Waals surface area contributed by atoms with Crippen LogP contribution < -0.4 is 14.2 Å². The summed E-state index contributed by atoms with van der Waals surface area (Å²) in [6.45, 7) is 0. The van der Waals surface area contributed by atoms with Crippen molar-refractivity contribution in [3.8, 4) is 34.5 Å². The molecule has 0 atom stereocenters. The van der Waals surface area contributed by atoms with Crippen LogP contribution >= 0.6 is 0 Å². The molecule has 0 bridgehead atoms. The number of nitrogens with zero attached hydrogens (tertiary/aromatic N) is 2. The molecule has 0 unspecified atom stereocenters. The minimum Gasteiger partial charge on any atom is -0.493 e. The van der Waals surface area contributed by atoms with E-state index in [0.717, 1.165) is 5.56 Å². The van der Waals surface area contributed by atoms with Gasteiger partial charge in [-0.2, -0.15) is 9.97 Å². The Balaban J connectivity index is 2.45. The third kappa shape index (κ3) is 2.48. The predicted octanol–water partition coefficient (Wildman–Crippen LogP) is 3.03. The van der Waals surface area contributed by atoms with Gasteiger partial charge in [0.2, 0.25) is 5.75 Å². The second kappa shape index (κ2) is 6.00. The van der Waals surface area contributed by atoms with Crippen LogP contribution in [0.4, 0.5) is 0 Å². The van der Waals surface area contributed by atoms with Gasteiger partial charge in [0.05, 0.1) is 37.9 Å². The van der Waals surface area contributed by atoms with E-state index < -0.39 is 0 Å².